The van der Waals surface area contributed by atoms with E-state index in [4.69, 9.17) is 23.0 Å². The minimum Gasteiger partial charge on any atom is -0.494 e. The lowest BCUT2D eigenvalue weighted by Gasteiger charge is -2.24. The second kappa shape index (κ2) is 11.8. The summed E-state index contributed by atoms with van der Waals surface area (Å²) in [4.78, 5) is 13.8. The number of hydrogen-bond donors (Lipinski definition) is 0. The number of aromatic nitrogens is 3. The van der Waals surface area contributed by atoms with Crippen molar-refractivity contribution >= 4 is 8.80 Å². The fourth-order valence-electron chi connectivity index (χ4n) is 3.77. The zero-order valence-corrected chi connectivity index (χ0v) is 21.2. The van der Waals surface area contributed by atoms with Crippen LogP contribution in [0.5, 0.6) is 5.75 Å². The van der Waals surface area contributed by atoms with Crippen LogP contribution in [0.1, 0.15) is 6.42 Å². The van der Waals surface area contributed by atoms with Crippen LogP contribution < -0.4 is 4.74 Å². The van der Waals surface area contributed by atoms with Crippen LogP contribution in [0.3, 0.4) is 0 Å². The van der Waals surface area contributed by atoms with Crippen LogP contribution >= 0.6 is 0 Å². The summed E-state index contributed by atoms with van der Waals surface area (Å²) >= 11 is 0. The molecule has 0 fully saturated rings. The van der Waals surface area contributed by atoms with Gasteiger partial charge in [0.25, 0.3) is 0 Å². The third-order valence-corrected chi connectivity index (χ3v) is 8.53. The quantitative estimate of drug-likeness (QED) is 0.204. The Morgan fingerprint density at radius 3 is 1.71 bits per heavy atom. The predicted octanol–water partition coefficient (Wildman–Crippen LogP) is 5.52. The molecule has 7 nitrogen and oxygen atoms in total. The Hall–Kier alpha value is -3.43. The van der Waals surface area contributed by atoms with Crippen LogP contribution in [0.2, 0.25) is 6.04 Å². The molecule has 0 N–H and O–H groups in total. The summed E-state index contributed by atoms with van der Waals surface area (Å²) in [6.07, 6.45) is 4.32. The maximum Gasteiger partial charge on any atom is 0.500 e. The van der Waals surface area contributed by atoms with Gasteiger partial charge in [-0.2, -0.15) is 0 Å². The normalized spacial score (nSPS) is 11.4. The molecule has 0 aliphatic rings. The third kappa shape index (κ3) is 6.17. The number of ether oxygens (including phenoxy) is 1. The topological polar surface area (TPSA) is 75.6 Å². The van der Waals surface area contributed by atoms with Gasteiger partial charge >= 0.3 is 8.80 Å². The molecule has 35 heavy (non-hydrogen) atoms. The molecular formula is C27H29N3O4Si. The lowest BCUT2D eigenvalue weighted by atomic mass is 10.0. The van der Waals surface area contributed by atoms with Crippen molar-refractivity contribution in [3.63, 3.8) is 0 Å². The molecule has 4 rings (SSSR count). The highest BCUT2D eigenvalue weighted by atomic mass is 28.4. The second-order valence-electron chi connectivity index (χ2n) is 7.83. The average molecular weight is 488 g/mol. The van der Waals surface area contributed by atoms with Gasteiger partial charge in [0.2, 0.25) is 0 Å². The van der Waals surface area contributed by atoms with E-state index in [0.717, 1.165) is 46.1 Å². The van der Waals surface area contributed by atoms with Crippen molar-refractivity contribution in [2.24, 2.45) is 0 Å². The van der Waals surface area contributed by atoms with Crippen LogP contribution in [0.25, 0.3) is 33.9 Å². The molecule has 0 saturated carbocycles. The predicted molar refractivity (Wildman–Crippen MR) is 138 cm³/mol. The summed E-state index contributed by atoms with van der Waals surface area (Å²) < 4.78 is 22.3. The van der Waals surface area contributed by atoms with Crippen molar-refractivity contribution in [1.82, 2.24) is 15.0 Å². The van der Waals surface area contributed by atoms with Crippen molar-refractivity contribution in [2.75, 3.05) is 27.9 Å². The standard InChI is InChI=1S/C27H29N3O4Si/c1-31-35(32-2,33-3)18-8-17-34-23-13-11-21(12-14-23)22-19-26(24-9-4-6-15-28-24)30-27(20-22)25-10-5-7-16-29-25/h4-7,9-16,19-20H,8,17-18H2,1-3H3. The van der Waals surface area contributed by atoms with E-state index in [1.807, 2.05) is 60.7 Å². The summed E-state index contributed by atoms with van der Waals surface area (Å²) in [6.45, 7) is 0.549. The van der Waals surface area contributed by atoms with Crippen LogP contribution in [0, 0.1) is 0 Å². The molecule has 0 amide bonds. The van der Waals surface area contributed by atoms with Crippen LogP contribution in [0.4, 0.5) is 0 Å². The van der Waals surface area contributed by atoms with Crippen molar-refractivity contribution < 1.29 is 18.0 Å². The average Bonchev–Trinajstić information content (AvgIpc) is 2.94. The molecule has 0 aliphatic heterocycles. The highest BCUT2D eigenvalue weighted by Crippen LogP contribution is 2.30. The molecule has 0 bridgehead atoms. The lowest BCUT2D eigenvalue weighted by Crippen LogP contribution is -2.42. The van der Waals surface area contributed by atoms with Gasteiger partial charge < -0.3 is 18.0 Å². The zero-order valence-electron chi connectivity index (χ0n) is 20.2. The molecule has 8 heteroatoms. The van der Waals surface area contributed by atoms with Crippen LogP contribution in [-0.4, -0.2) is 51.7 Å². The molecule has 0 aliphatic carbocycles. The highest BCUT2D eigenvalue weighted by molar-refractivity contribution is 6.60. The number of hydrogen-bond acceptors (Lipinski definition) is 7. The number of nitrogens with zero attached hydrogens (tertiary/aromatic N) is 3. The van der Waals surface area contributed by atoms with Gasteiger partial charge in [-0.25, -0.2) is 4.98 Å². The van der Waals surface area contributed by atoms with Gasteiger partial charge in [-0.15, -0.1) is 0 Å². The lowest BCUT2D eigenvalue weighted by molar-refractivity contribution is 0.121. The van der Waals surface area contributed by atoms with Crippen molar-refractivity contribution in [3.05, 3.63) is 85.2 Å². The molecule has 0 unspecified atom stereocenters. The van der Waals surface area contributed by atoms with E-state index >= 15 is 0 Å². The maximum absolute atomic E-state index is 5.94. The zero-order chi connectivity index (χ0) is 24.5. The van der Waals surface area contributed by atoms with Gasteiger partial charge in [-0.3, -0.25) is 9.97 Å². The van der Waals surface area contributed by atoms with Crippen molar-refractivity contribution in [1.29, 1.82) is 0 Å². The summed E-state index contributed by atoms with van der Waals surface area (Å²) in [6, 6.07) is 24.5. The van der Waals surface area contributed by atoms with E-state index in [2.05, 4.69) is 22.1 Å². The van der Waals surface area contributed by atoms with E-state index in [9.17, 15) is 0 Å². The molecule has 0 spiro atoms. The molecule has 180 valence electrons. The molecule has 0 radical (unpaired) electrons. The summed E-state index contributed by atoms with van der Waals surface area (Å²) in [5.74, 6) is 0.803. The second-order valence-corrected chi connectivity index (χ2v) is 10.9. The van der Waals surface area contributed by atoms with Gasteiger partial charge in [-0.05, 0) is 66.1 Å². The molecule has 1 aromatic carbocycles. The van der Waals surface area contributed by atoms with Gasteiger partial charge in [0.15, 0.2) is 0 Å². The van der Waals surface area contributed by atoms with Crippen molar-refractivity contribution in [2.45, 2.75) is 12.5 Å². The van der Waals surface area contributed by atoms with E-state index < -0.39 is 8.80 Å². The first-order valence-electron chi connectivity index (χ1n) is 11.4. The van der Waals surface area contributed by atoms with Gasteiger partial charge in [0.1, 0.15) is 5.75 Å². The fraction of sp³-hybridized carbons (Fsp3) is 0.222. The first-order valence-corrected chi connectivity index (χ1v) is 13.3. The molecule has 0 atom stereocenters. The highest BCUT2D eigenvalue weighted by Gasteiger charge is 2.36. The molecule has 0 saturated heterocycles. The number of benzene rings is 1. The van der Waals surface area contributed by atoms with Gasteiger partial charge in [-0.1, -0.05) is 24.3 Å². The SMILES string of the molecule is CO[Si](CCCOc1ccc(-c2cc(-c3ccccn3)nc(-c3ccccn3)c2)cc1)(OC)OC. The van der Waals surface area contributed by atoms with E-state index in [1.54, 1.807) is 33.7 Å². The smallest absolute Gasteiger partial charge is 0.494 e. The Labute approximate surface area is 207 Å². The minimum absolute atomic E-state index is 0.549. The molecular weight excluding hydrogens is 458 g/mol. The van der Waals surface area contributed by atoms with E-state index in [0.29, 0.717) is 12.7 Å². The van der Waals surface area contributed by atoms with E-state index in [1.165, 1.54) is 0 Å². The first-order chi connectivity index (χ1) is 17.2. The Balaban J connectivity index is 1.52. The van der Waals surface area contributed by atoms with Gasteiger partial charge in [0.05, 0.1) is 29.4 Å². The number of rotatable bonds is 11. The van der Waals surface area contributed by atoms with Gasteiger partial charge in [0, 0.05) is 39.8 Å². The molecule has 4 aromatic rings. The Morgan fingerprint density at radius 1 is 0.657 bits per heavy atom. The maximum atomic E-state index is 5.94. The minimum atomic E-state index is -2.57. The largest absolute Gasteiger partial charge is 0.500 e. The third-order valence-electron chi connectivity index (χ3n) is 5.70. The Morgan fingerprint density at radius 2 is 1.23 bits per heavy atom. The number of pyridine rings is 3. The van der Waals surface area contributed by atoms with E-state index in [-0.39, 0.29) is 0 Å². The molecule has 3 heterocycles. The van der Waals surface area contributed by atoms with Crippen LogP contribution in [0.15, 0.2) is 85.2 Å². The summed E-state index contributed by atoms with van der Waals surface area (Å²) in [7, 11) is 2.29. The molecule has 3 aromatic heterocycles. The van der Waals surface area contributed by atoms with Crippen LogP contribution in [-0.2, 0) is 13.3 Å². The van der Waals surface area contributed by atoms with Crippen molar-refractivity contribution in [3.8, 4) is 39.7 Å². The first kappa shape index (κ1) is 24.7. The monoisotopic (exact) mass is 487 g/mol. The Kier molecular flexibility index (Phi) is 8.33. The fourth-order valence-corrected chi connectivity index (χ4v) is 5.46. The summed E-state index contributed by atoms with van der Waals surface area (Å²) in [5.41, 5.74) is 5.31. The Bertz CT molecular complexity index is 1140. The summed E-state index contributed by atoms with van der Waals surface area (Å²) in [5, 5.41) is 0.